The van der Waals surface area contributed by atoms with Gasteiger partial charge in [-0.05, 0) is 115 Å². The van der Waals surface area contributed by atoms with Gasteiger partial charge in [-0.3, -0.25) is 0 Å². The van der Waals surface area contributed by atoms with Crippen LogP contribution in [-0.4, -0.2) is 0 Å². The van der Waals surface area contributed by atoms with Gasteiger partial charge in [0.15, 0.2) is 0 Å². The molecule has 0 saturated heterocycles. The van der Waals surface area contributed by atoms with Gasteiger partial charge >= 0.3 is 0 Å². The van der Waals surface area contributed by atoms with Crippen LogP contribution in [0.3, 0.4) is 0 Å². The minimum atomic E-state index is -0.345. The number of anilines is 3. The Kier molecular flexibility index (Phi) is 8.26. The Morgan fingerprint density at radius 3 is 1.34 bits per heavy atom. The molecule has 58 heavy (non-hydrogen) atoms. The maximum atomic E-state index is 2.38. The van der Waals surface area contributed by atoms with E-state index in [2.05, 4.69) is 235 Å². The molecule has 0 aromatic heterocycles. The highest BCUT2D eigenvalue weighted by molar-refractivity contribution is 5.99. The molecule has 0 fully saturated rings. The number of nitrogens with zero attached hydrogens (tertiary/aromatic N) is 1. The molecule has 274 valence electrons. The van der Waals surface area contributed by atoms with Gasteiger partial charge in [-0.2, -0.15) is 0 Å². The minimum absolute atomic E-state index is 0.206. The molecule has 0 radical (unpaired) electrons. The third-order valence-corrected chi connectivity index (χ3v) is 12.5. The average molecular weight is 740 g/mol. The van der Waals surface area contributed by atoms with Crippen molar-refractivity contribution >= 4 is 17.1 Å². The summed E-state index contributed by atoms with van der Waals surface area (Å²) in [4.78, 5) is 2.32. The lowest BCUT2D eigenvalue weighted by molar-refractivity contribution is 0.794. The van der Waals surface area contributed by atoms with E-state index in [1.54, 1.807) is 0 Å². The molecule has 1 spiro atoms. The summed E-state index contributed by atoms with van der Waals surface area (Å²) in [5.74, 6) is 0.206. The maximum Gasteiger partial charge on any atom is 0.0725 e. The Balaban J connectivity index is 0.966. The second kappa shape index (κ2) is 14.1. The summed E-state index contributed by atoms with van der Waals surface area (Å²) in [5, 5.41) is 0. The van der Waals surface area contributed by atoms with E-state index in [9.17, 15) is 0 Å². The monoisotopic (exact) mass is 739 g/mol. The Labute approximate surface area is 341 Å². The van der Waals surface area contributed by atoms with Gasteiger partial charge in [-0.25, -0.2) is 0 Å². The first-order valence-electron chi connectivity index (χ1n) is 20.4. The van der Waals surface area contributed by atoms with Crippen LogP contribution in [0.5, 0.6) is 0 Å². The van der Waals surface area contributed by atoms with Gasteiger partial charge in [-0.15, -0.1) is 0 Å². The van der Waals surface area contributed by atoms with Gasteiger partial charge in [0.1, 0.15) is 0 Å². The standard InChI is InChI=1S/C57H41N/c1-4-17-41(18-5-1)51(39-40-31-37-46(38-32-40)58(44-19-6-2-7-20-44)45-21-8-3-9-22-45)43-35-33-42(34-36-43)47-26-16-30-55-56(47)50-25-12-15-29-54(50)57(55)52-27-13-10-23-48(52)49-24-11-14-28-53(49)57/h1-38,51H,39H2. The van der Waals surface area contributed by atoms with Crippen LogP contribution >= 0.6 is 0 Å². The van der Waals surface area contributed by atoms with Gasteiger partial charge in [0.2, 0.25) is 0 Å². The molecule has 0 bridgehead atoms. The van der Waals surface area contributed by atoms with Gasteiger partial charge < -0.3 is 4.90 Å². The van der Waals surface area contributed by atoms with E-state index in [4.69, 9.17) is 0 Å². The number of hydrogen-bond donors (Lipinski definition) is 0. The number of hydrogen-bond acceptors (Lipinski definition) is 1. The first-order chi connectivity index (χ1) is 28.8. The second-order valence-corrected chi connectivity index (χ2v) is 15.6. The fourth-order valence-electron chi connectivity index (χ4n) is 10.0. The topological polar surface area (TPSA) is 3.24 Å². The lowest BCUT2D eigenvalue weighted by Gasteiger charge is -2.30. The van der Waals surface area contributed by atoms with Crippen LogP contribution in [0.15, 0.2) is 231 Å². The minimum Gasteiger partial charge on any atom is -0.311 e. The fourth-order valence-corrected chi connectivity index (χ4v) is 10.0. The molecular weight excluding hydrogens is 699 g/mol. The molecular formula is C57H41N. The zero-order valence-corrected chi connectivity index (χ0v) is 32.2. The van der Waals surface area contributed by atoms with E-state index in [0.717, 1.165) is 23.5 Å². The molecule has 11 rings (SSSR count). The van der Waals surface area contributed by atoms with E-state index in [0.29, 0.717) is 0 Å². The molecule has 9 aromatic carbocycles. The molecule has 1 heteroatoms. The molecule has 2 aliphatic carbocycles. The van der Waals surface area contributed by atoms with Crippen molar-refractivity contribution in [3.63, 3.8) is 0 Å². The SMILES string of the molecule is c1ccc(C(Cc2ccc(N(c3ccccc3)c3ccccc3)cc2)c2ccc(-c3cccc4c3-c3ccccc3C43c4ccccc4-c4ccccc43)cc2)cc1. The highest BCUT2D eigenvalue weighted by atomic mass is 15.1. The van der Waals surface area contributed by atoms with Gasteiger partial charge in [0.25, 0.3) is 0 Å². The lowest BCUT2D eigenvalue weighted by atomic mass is 9.70. The van der Waals surface area contributed by atoms with Crippen molar-refractivity contribution in [3.8, 4) is 33.4 Å². The summed E-state index contributed by atoms with van der Waals surface area (Å²) >= 11 is 0. The molecule has 0 N–H and O–H groups in total. The van der Waals surface area contributed by atoms with Crippen molar-refractivity contribution in [1.82, 2.24) is 0 Å². The molecule has 9 aromatic rings. The van der Waals surface area contributed by atoms with Crippen molar-refractivity contribution in [2.24, 2.45) is 0 Å². The zero-order chi connectivity index (χ0) is 38.5. The lowest BCUT2D eigenvalue weighted by Crippen LogP contribution is -2.25. The van der Waals surface area contributed by atoms with Crippen molar-refractivity contribution in [1.29, 1.82) is 0 Å². The van der Waals surface area contributed by atoms with Crippen molar-refractivity contribution in [2.45, 2.75) is 17.8 Å². The number of para-hydroxylation sites is 2. The molecule has 1 nitrogen and oxygen atoms in total. The normalized spacial score (nSPS) is 13.3. The zero-order valence-electron chi connectivity index (χ0n) is 32.2. The first-order valence-corrected chi connectivity index (χ1v) is 20.4. The van der Waals surface area contributed by atoms with Crippen molar-refractivity contribution in [2.75, 3.05) is 4.90 Å². The first kappa shape index (κ1) is 34.1. The molecule has 2 aliphatic rings. The summed E-state index contributed by atoms with van der Waals surface area (Å²) in [6.07, 6.45) is 0.899. The highest BCUT2D eigenvalue weighted by Crippen LogP contribution is 2.63. The smallest absolute Gasteiger partial charge is 0.0725 e. The average Bonchev–Trinajstić information content (AvgIpc) is 3.78. The molecule has 1 atom stereocenters. The summed E-state index contributed by atoms with van der Waals surface area (Å²) < 4.78 is 0. The molecule has 0 aliphatic heterocycles. The van der Waals surface area contributed by atoms with E-state index in [1.807, 2.05) is 0 Å². The summed E-state index contributed by atoms with van der Waals surface area (Å²) in [6, 6.07) is 84.9. The van der Waals surface area contributed by atoms with Gasteiger partial charge in [0, 0.05) is 23.0 Å². The summed E-state index contributed by atoms with van der Waals surface area (Å²) in [5.41, 5.74) is 20.4. The van der Waals surface area contributed by atoms with Crippen LogP contribution < -0.4 is 4.90 Å². The van der Waals surface area contributed by atoms with Gasteiger partial charge in [0.05, 0.1) is 5.41 Å². The van der Waals surface area contributed by atoms with E-state index in [-0.39, 0.29) is 11.3 Å². The fraction of sp³-hybridized carbons (Fsp3) is 0.0526. The van der Waals surface area contributed by atoms with E-state index >= 15 is 0 Å². The van der Waals surface area contributed by atoms with Crippen molar-refractivity contribution < 1.29 is 0 Å². The number of benzene rings is 9. The second-order valence-electron chi connectivity index (χ2n) is 15.6. The Morgan fingerprint density at radius 2 is 0.759 bits per heavy atom. The van der Waals surface area contributed by atoms with Crippen molar-refractivity contribution in [3.05, 3.63) is 269 Å². The van der Waals surface area contributed by atoms with Gasteiger partial charge in [-0.1, -0.05) is 194 Å². The van der Waals surface area contributed by atoms with Crippen LogP contribution in [0, 0.1) is 0 Å². The van der Waals surface area contributed by atoms with Crippen LogP contribution in [0.2, 0.25) is 0 Å². The summed E-state index contributed by atoms with van der Waals surface area (Å²) in [6.45, 7) is 0. The van der Waals surface area contributed by atoms with E-state index in [1.165, 1.54) is 72.3 Å². The number of fused-ring (bicyclic) bond motifs is 10. The Morgan fingerprint density at radius 1 is 0.328 bits per heavy atom. The molecule has 0 saturated carbocycles. The predicted octanol–water partition coefficient (Wildman–Crippen LogP) is 14.5. The quantitative estimate of drug-likeness (QED) is 0.150. The highest BCUT2D eigenvalue weighted by Gasteiger charge is 2.51. The largest absolute Gasteiger partial charge is 0.311 e. The molecule has 0 heterocycles. The maximum absolute atomic E-state index is 2.38. The van der Waals surface area contributed by atoms with Crippen LogP contribution in [-0.2, 0) is 11.8 Å². The third-order valence-electron chi connectivity index (χ3n) is 12.5. The van der Waals surface area contributed by atoms with Crippen LogP contribution in [0.1, 0.15) is 44.9 Å². The Hall–Kier alpha value is -7.22. The van der Waals surface area contributed by atoms with Crippen LogP contribution in [0.4, 0.5) is 17.1 Å². The number of rotatable bonds is 8. The molecule has 0 amide bonds. The summed E-state index contributed by atoms with van der Waals surface area (Å²) in [7, 11) is 0. The Bertz CT molecular complexity index is 2810. The van der Waals surface area contributed by atoms with Crippen LogP contribution in [0.25, 0.3) is 33.4 Å². The molecule has 1 unspecified atom stereocenters. The third kappa shape index (κ3) is 5.39. The predicted molar refractivity (Wildman–Crippen MR) is 241 cm³/mol. The van der Waals surface area contributed by atoms with E-state index < -0.39 is 0 Å².